The van der Waals surface area contributed by atoms with E-state index >= 15 is 0 Å². The van der Waals surface area contributed by atoms with Crippen molar-refractivity contribution in [2.24, 2.45) is 0 Å². The van der Waals surface area contributed by atoms with Crippen LogP contribution in [0.3, 0.4) is 0 Å². The summed E-state index contributed by atoms with van der Waals surface area (Å²) in [6, 6.07) is 10.0. The van der Waals surface area contributed by atoms with Gasteiger partial charge >= 0.3 is 0 Å². The molecule has 0 fully saturated rings. The lowest BCUT2D eigenvalue weighted by atomic mass is 10.2. The minimum atomic E-state index is 0.844. The van der Waals surface area contributed by atoms with E-state index in [4.69, 9.17) is 4.74 Å². The van der Waals surface area contributed by atoms with Crippen molar-refractivity contribution in [3.05, 3.63) is 55.6 Å². The third-order valence-electron chi connectivity index (χ3n) is 1.44. The molecule has 0 bridgehead atoms. The smallest absolute Gasteiger partial charge is 0.0437 e. The van der Waals surface area contributed by atoms with Gasteiger partial charge in [-0.1, -0.05) is 43.0 Å². The van der Waals surface area contributed by atoms with Crippen molar-refractivity contribution in [2.45, 2.75) is 13.8 Å². The molecular formula is C14H22O. The first-order valence-electron chi connectivity index (χ1n) is 5.10. The molecule has 0 aliphatic carbocycles. The van der Waals surface area contributed by atoms with Crippen LogP contribution in [0.2, 0.25) is 0 Å². The van der Waals surface area contributed by atoms with Crippen molar-refractivity contribution in [1.29, 1.82) is 0 Å². The summed E-state index contributed by atoms with van der Waals surface area (Å²) >= 11 is 0. The zero-order chi connectivity index (χ0) is 11.9. The first kappa shape index (κ1) is 16.1. The Morgan fingerprint density at radius 2 is 1.53 bits per heavy atom. The second-order valence-electron chi connectivity index (χ2n) is 2.40. The summed E-state index contributed by atoms with van der Waals surface area (Å²) in [7, 11) is 0. The zero-order valence-corrected chi connectivity index (χ0v) is 9.91. The van der Waals surface area contributed by atoms with Gasteiger partial charge in [-0.2, -0.15) is 0 Å². The van der Waals surface area contributed by atoms with Gasteiger partial charge in [-0.25, -0.2) is 0 Å². The van der Waals surface area contributed by atoms with Crippen LogP contribution in [0.15, 0.2) is 50.1 Å². The molecule has 0 radical (unpaired) electrons. The normalized spacial score (nSPS) is 7.60. The Kier molecular flexibility index (Phi) is 16.3. The average Bonchev–Trinajstić information content (AvgIpc) is 2.34. The van der Waals surface area contributed by atoms with E-state index in [2.05, 4.69) is 19.7 Å². The standard InChI is InChI=1S/C8H8.C4H10O.C2H4/c1-2-8-6-4-3-5-7-8;1-3-5-4-2;1-2/h2-7H,1H2;3-4H2,1-2H3;1-2H2. The third kappa shape index (κ3) is 12.7. The van der Waals surface area contributed by atoms with Gasteiger partial charge in [0.1, 0.15) is 0 Å². The molecule has 1 nitrogen and oxygen atoms in total. The summed E-state index contributed by atoms with van der Waals surface area (Å²) in [5.41, 5.74) is 1.17. The van der Waals surface area contributed by atoms with Gasteiger partial charge in [0.05, 0.1) is 0 Å². The van der Waals surface area contributed by atoms with E-state index in [0.717, 1.165) is 13.2 Å². The van der Waals surface area contributed by atoms with E-state index in [1.165, 1.54) is 5.56 Å². The fraction of sp³-hybridized carbons (Fsp3) is 0.286. The van der Waals surface area contributed by atoms with Crippen LogP contribution >= 0.6 is 0 Å². The molecule has 84 valence electrons. The topological polar surface area (TPSA) is 9.23 Å². The molecule has 0 N–H and O–H groups in total. The highest BCUT2D eigenvalue weighted by molar-refractivity contribution is 5.45. The molecule has 0 amide bonds. The first-order valence-corrected chi connectivity index (χ1v) is 5.10. The highest BCUT2D eigenvalue weighted by Gasteiger charge is 1.75. The Bertz CT molecular complexity index is 214. The summed E-state index contributed by atoms with van der Waals surface area (Å²) in [5.74, 6) is 0. The van der Waals surface area contributed by atoms with Crippen LogP contribution in [0.25, 0.3) is 6.08 Å². The Labute approximate surface area is 94.1 Å². The first-order chi connectivity index (χ1) is 7.35. The summed E-state index contributed by atoms with van der Waals surface area (Å²) in [4.78, 5) is 0. The van der Waals surface area contributed by atoms with E-state index < -0.39 is 0 Å². The Hall–Kier alpha value is -1.34. The minimum absolute atomic E-state index is 0.844. The van der Waals surface area contributed by atoms with Gasteiger partial charge in [-0.3, -0.25) is 0 Å². The molecule has 0 saturated heterocycles. The maximum atomic E-state index is 4.83. The van der Waals surface area contributed by atoms with E-state index in [0.29, 0.717) is 0 Å². The predicted molar refractivity (Wildman–Crippen MR) is 70.0 cm³/mol. The van der Waals surface area contributed by atoms with Gasteiger partial charge in [-0.05, 0) is 19.4 Å². The summed E-state index contributed by atoms with van der Waals surface area (Å²) in [6.07, 6.45) is 1.83. The second-order valence-corrected chi connectivity index (χ2v) is 2.40. The van der Waals surface area contributed by atoms with E-state index in [-0.39, 0.29) is 0 Å². The molecule has 0 aromatic heterocycles. The molecule has 0 unspecified atom stereocenters. The Balaban J connectivity index is 0. The molecule has 15 heavy (non-hydrogen) atoms. The van der Waals surface area contributed by atoms with Crippen molar-refractivity contribution >= 4 is 6.08 Å². The highest BCUT2D eigenvalue weighted by atomic mass is 16.5. The lowest BCUT2D eigenvalue weighted by molar-refractivity contribution is 0.162. The third-order valence-corrected chi connectivity index (χ3v) is 1.44. The van der Waals surface area contributed by atoms with Crippen LogP contribution in [0.5, 0.6) is 0 Å². The van der Waals surface area contributed by atoms with Crippen molar-refractivity contribution < 1.29 is 4.74 Å². The molecule has 0 saturated carbocycles. The monoisotopic (exact) mass is 206 g/mol. The van der Waals surface area contributed by atoms with Crippen LogP contribution in [0.4, 0.5) is 0 Å². The van der Waals surface area contributed by atoms with E-state index in [9.17, 15) is 0 Å². The van der Waals surface area contributed by atoms with Crippen molar-refractivity contribution in [3.63, 3.8) is 0 Å². The molecule has 1 heteroatoms. The molecule has 1 aromatic carbocycles. The number of benzene rings is 1. The van der Waals surface area contributed by atoms with Crippen LogP contribution in [-0.2, 0) is 4.74 Å². The number of rotatable bonds is 3. The van der Waals surface area contributed by atoms with Crippen molar-refractivity contribution in [2.75, 3.05) is 13.2 Å². The fourth-order valence-electron chi connectivity index (χ4n) is 0.793. The zero-order valence-electron chi connectivity index (χ0n) is 9.91. The molecule has 1 aromatic rings. The highest BCUT2D eigenvalue weighted by Crippen LogP contribution is 1.97. The minimum Gasteiger partial charge on any atom is -0.382 e. The van der Waals surface area contributed by atoms with Crippen LogP contribution in [0.1, 0.15) is 19.4 Å². The summed E-state index contributed by atoms with van der Waals surface area (Å²) < 4.78 is 4.83. The van der Waals surface area contributed by atoms with Crippen LogP contribution in [-0.4, -0.2) is 13.2 Å². The number of hydrogen-bond donors (Lipinski definition) is 0. The molecule has 0 spiro atoms. The van der Waals surface area contributed by atoms with Crippen molar-refractivity contribution in [3.8, 4) is 0 Å². The molecule has 0 aliphatic heterocycles. The molecule has 1 rings (SSSR count). The molecule has 0 aliphatic rings. The Morgan fingerprint density at radius 1 is 1.07 bits per heavy atom. The van der Waals surface area contributed by atoms with Crippen LogP contribution in [0, 0.1) is 0 Å². The van der Waals surface area contributed by atoms with Crippen LogP contribution < -0.4 is 0 Å². The number of ether oxygens (including phenoxy) is 1. The quantitative estimate of drug-likeness (QED) is 0.674. The van der Waals surface area contributed by atoms with E-state index in [1.807, 2.05) is 50.3 Å². The van der Waals surface area contributed by atoms with Gasteiger partial charge in [-0.15, -0.1) is 13.2 Å². The number of hydrogen-bond acceptors (Lipinski definition) is 1. The fourth-order valence-corrected chi connectivity index (χ4v) is 0.793. The lowest BCUT2D eigenvalue weighted by Crippen LogP contribution is -1.84. The molecular weight excluding hydrogens is 184 g/mol. The van der Waals surface area contributed by atoms with Crippen molar-refractivity contribution in [1.82, 2.24) is 0 Å². The summed E-state index contributed by atoms with van der Waals surface area (Å²) in [6.45, 7) is 15.3. The molecule has 0 heterocycles. The summed E-state index contributed by atoms with van der Waals surface area (Å²) in [5, 5.41) is 0. The largest absolute Gasteiger partial charge is 0.382 e. The molecule has 0 atom stereocenters. The predicted octanol–water partition coefficient (Wildman–Crippen LogP) is 4.17. The Morgan fingerprint density at radius 3 is 1.73 bits per heavy atom. The van der Waals surface area contributed by atoms with Gasteiger partial charge in [0.2, 0.25) is 0 Å². The second kappa shape index (κ2) is 15.1. The SMILES string of the molecule is C=C.C=Cc1ccccc1.CCOCC. The maximum Gasteiger partial charge on any atom is 0.0437 e. The maximum absolute atomic E-state index is 4.83. The van der Waals surface area contributed by atoms with E-state index in [1.54, 1.807) is 0 Å². The van der Waals surface area contributed by atoms with Gasteiger partial charge in [0, 0.05) is 13.2 Å². The van der Waals surface area contributed by atoms with Gasteiger partial charge in [0.25, 0.3) is 0 Å². The van der Waals surface area contributed by atoms with Gasteiger partial charge in [0.15, 0.2) is 0 Å². The lowest BCUT2D eigenvalue weighted by Gasteiger charge is -1.86. The average molecular weight is 206 g/mol. The van der Waals surface area contributed by atoms with Gasteiger partial charge < -0.3 is 4.74 Å².